The third kappa shape index (κ3) is 9.91. The number of hydrogen-bond donors (Lipinski definition) is 2. The van der Waals surface area contributed by atoms with Gasteiger partial charge in [-0.1, -0.05) is 78.8 Å². The summed E-state index contributed by atoms with van der Waals surface area (Å²) in [5.41, 5.74) is 2.40. The molecule has 0 aromatic heterocycles. The van der Waals surface area contributed by atoms with Crippen LogP contribution in [0.1, 0.15) is 71.1 Å². The van der Waals surface area contributed by atoms with Gasteiger partial charge >= 0.3 is 5.97 Å². The summed E-state index contributed by atoms with van der Waals surface area (Å²) in [5.74, 6) is 0.260. The monoisotopic (exact) mass is 717 g/mol. The Bertz CT molecular complexity index is 1710. The number of amides is 1. The Morgan fingerprint density at radius 1 is 0.740 bits per heavy atom. The molecule has 3 rings (SSSR count). The SMILES string of the molecule is COc1ccc(C(C)/C(=C(\NC(=O)/C=C/c2ccc(O[Si](C)(C)C(C)(C)C)cc2)C(=O)O)c2ccc(O[Si](C)(C)C(C)(C)C)cc2)cc1OC. The van der Waals surface area contributed by atoms with Crippen molar-refractivity contribution in [3.63, 3.8) is 0 Å². The van der Waals surface area contributed by atoms with Crippen LogP contribution in [0.4, 0.5) is 0 Å². The van der Waals surface area contributed by atoms with Gasteiger partial charge in [-0.05, 0) is 101 Å². The molecule has 0 aliphatic heterocycles. The van der Waals surface area contributed by atoms with E-state index in [1.807, 2.05) is 67.6 Å². The van der Waals surface area contributed by atoms with Crippen LogP contribution >= 0.6 is 0 Å². The quantitative estimate of drug-likeness (QED) is 0.134. The molecule has 3 aromatic rings. The van der Waals surface area contributed by atoms with Crippen LogP contribution in [0.2, 0.25) is 36.3 Å². The fraction of sp³-hybridized carbons (Fsp3) is 0.400. The lowest BCUT2D eigenvalue weighted by Gasteiger charge is -2.36. The predicted octanol–water partition coefficient (Wildman–Crippen LogP) is 9.90. The van der Waals surface area contributed by atoms with E-state index in [2.05, 4.69) is 73.0 Å². The second-order valence-electron chi connectivity index (χ2n) is 15.6. The molecular formula is C40H55NO7Si2. The van der Waals surface area contributed by atoms with Crippen LogP contribution in [0.5, 0.6) is 23.0 Å². The van der Waals surface area contributed by atoms with Gasteiger partial charge in [-0.25, -0.2) is 4.79 Å². The van der Waals surface area contributed by atoms with Crippen molar-refractivity contribution < 1.29 is 33.0 Å². The molecule has 0 aliphatic carbocycles. The van der Waals surface area contributed by atoms with Gasteiger partial charge in [0.2, 0.25) is 22.5 Å². The number of aliphatic carboxylic acids is 1. The molecule has 0 spiro atoms. The van der Waals surface area contributed by atoms with Crippen LogP contribution in [-0.4, -0.2) is 47.8 Å². The van der Waals surface area contributed by atoms with Crippen molar-refractivity contribution in [3.05, 3.63) is 95.2 Å². The minimum atomic E-state index is -2.11. The molecular weight excluding hydrogens is 663 g/mol. The molecule has 0 saturated carbocycles. The van der Waals surface area contributed by atoms with Gasteiger partial charge in [0.25, 0.3) is 0 Å². The zero-order valence-corrected chi connectivity index (χ0v) is 34.0. The largest absolute Gasteiger partial charge is 0.544 e. The van der Waals surface area contributed by atoms with Gasteiger partial charge in [-0.2, -0.15) is 0 Å². The molecule has 0 fully saturated rings. The lowest BCUT2D eigenvalue weighted by Crippen LogP contribution is -2.43. The number of rotatable bonds is 13. The van der Waals surface area contributed by atoms with Gasteiger partial charge in [0, 0.05) is 12.0 Å². The summed E-state index contributed by atoms with van der Waals surface area (Å²) in [7, 11) is -0.993. The molecule has 50 heavy (non-hydrogen) atoms. The van der Waals surface area contributed by atoms with Crippen LogP contribution in [0.3, 0.4) is 0 Å². The van der Waals surface area contributed by atoms with E-state index in [0.717, 1.165) is 16.9 Å². The summed E-state index contributed by atoms with van der Waals surface area (Å²) in [5, 5.41) is 13.3. The van der Waals surface area contributed by atoms with Crippen LogP contribution in [0.25, 0.3) is 11.6 Å². The highest BCUT2D eigenvalue weighted by atomic mass is 28.4. The summed E-state index contributed by atoms with van der Waals surface area (Å²) >= 11 is 0. The molecule has 10 heteroatoms. The smallest absolute Gasteiger partial charge is 0.352 e. The van der Waals surface area contributed by atoms with Crippen molar-refractivity contribution in [1.82, 2.24) is 5.32 Å². The van der Waals surface area contributed by atoms with E-state index in [1.54, 1.807) is 26.4 Å². The number of carboxylic acid groups (broad SMARTS) is 1. The van der Waals surface area contributed by atoms with Gasteiger partial charge in [0.05, 0.1) is 14.2 Å². The molecule has 2 N–H and O–H groups in total. The van der Waals surface area contributed by atoms with E-state index >= 15 is 0 Å². The summed E-state index contributed by atoms with van der Waals surface area (Å²) in [6, 6.07) is 20.4. The topological polar surface area (TPSA) is 103 Å². The van der Waals surface area contributed by atoms with E-state index in [9.17, 15) is 14.7 Å². The lowest BCUT2D eigenvalue weighted by atomic mass is 9.86. The summed E-state index contributed by atoms with van der Waals surface area (Å²) in [4.78, 5) is 26.2. The van der Waals surface area contributed by atoms with Crippen molar-refractivity contribution in [2.45, 2.75) is 90.6 Å². The Balaban J connectivity index is 2.01. The third-order valence-corrected chi connectivity index (χ3v) is 18.6. The van der Waals surface area contributed by atoms with Crippen LogP contribution in [0.15, 0.2) is 78.5 Å². The Labute approximate surface area is 300 Å². The summed E-state index contributed by atoms with van der Waals surface area (Å²) in [6.07, 6.45) is 2.98. The van der Waals surface area contributed by atoms with Gasteiger partial charge in [0.15, 0.2) is 11.5 Å². The number of carboxylic acids is 1. The van der Waals surface area contributed by atoms with E-state index in [0.29, 0.717) is 28.4 Å². The van der Waals surface area contributed by atoms with Crippen molar-refractivity contribution >= 4 is 40.2 Å². The highest BCUT2D eigenvalue weighted by Gasteiger charge is 2.40. The highest BCUT2D eigenvalue weighted by Crippen LogP contribution is 2.41. The minimum Gasteiger partial charge on any atom is -0.544 e. The fourth-order valence-electron chi connectivity index (χ4n) is 4.72. The van der Waals surface area contributed by atoms with Gasteiger partial charge in [-0.3, -0.25) is 4.79 Å². The number of hydrogen-bond acceptors (Lipinski definition) is 6. The second-order valence-corrected chi connectivity index (χ2v) is 25.0. The highest BCUT2D eigenvalue weighted by molar-refractivity contribution is 6.75. The maximum absolute atomic E-state index is 13.3. The Morgan fingerprint density at radius 2 is 1.22 bits per heavy atom. The van der Waals surface area contributed by atoms with E-state index < -0.39 is 34.4 Å². The average Bonchev–Trinajstić information content (AvgIpc) is 3.03. The Kier molecular flexibility index (Phi) is 12.6. The predicted molar refractivity (Wildman–Crippen MR) is 208 cm³/mol. The van der Waals surface area contributed by atoms with Gasteiger partial charge in [0.1, 0.15) is 17.2 Å². The van der Waals surface area contributed by atoms with Crippen molar-refractivity contribution in [1.29, 1.82) is 0 Å². The molecule has 0 saturated heterocycles. The molecule has 270 valence electrons. The zero-order chi connectivity index (χ0) is 37.7. The molecule has 0 heterocycles. The van der Waals surface area contributed by atoms with Crippen molar-refractivity contribution in [2.24, 2.45) is 0 Å². The van der Waals surface area contributed by atoms with E-state index in [1.165, 1.54) is 6.08 Å². The molecule has 3 aromatic carbocycles. The first-order valence-electron chi connectivity index (χ1n) is 16.9. The number of carbonyl (C=O) groups is 2. The Hall–Kier alpha value is -4.29. The number of benzene rings is 3. The van der Waals surface area contributed by atoms with E-state index in [4.69, 9.17) is 18.3 Å². The second kappa shape index (κ2) is 15.7. The number of nitrogens with one attached hydrogen (secondary N) is 1. The molecule has 1 atom stereocenters. The zero-order valence-electron chi connectivity index (χ0n) is 32.0. The van der Waals surface area contributed by atoms with Gasteiger partial charge < -0.3 is 28.7 Å². The number of carbonyl (C=O) groups excluding carboxylic acids is 1. The third-order valence-electron chi connectivity index (χ3n) is 9.90. The van der Waals surface area contributed by atoms with E-state index in [-0.39, 0.29) is 15.8 Å². The maximum atomic E-state index is 13.3. The first kappa shape index (κ1) is 40.1. The van der Waals surface area contributed by atoms with Crippen LogP contribution < -0.4 is 23.6 Å². The molecule has 1 unspecified atom stereocenters. The van der Waals surface area contributed by atoms with Crippen molar-refractivity contribution in [3.8, 4) is 23.0 Å². The van der Waals surface area contributed by atoms with Crippen molar-refractivity contribution in [2.75, 3.05) is 14.2 Å². The average molecular weight is 718 g/mol. The lowest BCUT2D eigenvalue weighted by molar-refractivity contribution is -0.134. The summed E-state index contributed by atoms with van der Waals surface area (Å²) in [6.45, 7) is 23.7. The molecule has 0 bridgehead atoms. The van der Waals surface area contributed by atoms with Crippen LogP contribution in [-0.2, 0) is 9.59 Å². The van der Waals surface area contributed by atoms with Crippen LogP contribution in [0, 0.1) is 0 Å². The number of allylic oxidation sites excluding steroid dienone is 1. The molecule has 0 radical (unpaired) electrons. The first-order chi connectivity index (χ1) is 23.1. The van der Waals surface area contributed by atoms with Gasteiger partial charge in [-0.15, -0.1) is 0 Å². The standard InChI is InChI=1S/C40H55NO7Si2/c1-27(30-19-24-33(45-8)34(26-30)46-9)36(29-17-22-32(23-18-29)48-50(12,13)40(5,6)7)37(38(43)44)41-35(42)25-16-28-14-20-31(21-15-28)47-49(10,11)39(2,3)4/h14-27H,1-13H3,(H,41,42)(H,43,44)/b25-16+,37-36+. The number of methoxy groups -OCH3 is 2. The fourth-order valence-corrected chi connectivity index (χ4v) is 6.78. The molecule has 0 aliphatic rings. The Morgan fingerprint density at radius 3 is 1.66 bits per heavy atom. The first-order valence-corrected chi connectivity index (χ1v) is 22.7. The molecule has 1 amide bonds. The number of ether oxygens (including phenoxy) is 2. The maximum Gasteiger partial charge on any atom is 0.352 e. The normalized spacial score (nSPS) is 13.7. The summed E-state index contributed by atoms with van der Waals surface area (Å²) < 4.78 is 23.8. The molecule has 8 nitrogen and oxygen atoms in total. The minimum absolute atomic E-state index is 0.00743.